The van der Waals surface area contributed by atoms with E-state index in [0.29, 0.717) is 24.4 Å². The molecule has 0 saturated carbocycles. The molecule has 160 valence electrons. The highest BCUT2D eigenvalue weighted by Gasteiger charge is 2.11. The highest BCUT2D eigenvalue weighted by Crippen LogP contribution is 2.14. The zero-order valence-corrected chi connectivity index (χ0v) is 18.1. The van der Waals surface area contributed by atoms with Crippen molar-refractivity contribution in [1.82, 2.24) is 10.6 Å². The fourth-order valence-corrected chi connectivity index (χ4v) is 2.80. The van der Waals surface area contributed by atoms with Gasteiger partial charge in [0.15, 0.2) is 6.61 Å². The quantitative estimate of drug-likeness (QED) is 0.623. The first kappa shape index (κ1) is 23.1. The number of hydrogen-bond donors (Lipinski definition) is 2. The first-order chi connectivity index (χ1) is 14.3. The first-order valence-electron chi connectivity index (χ1n) is 10.1. The number of nitrogens with one attached hydrogen (secondary N) is 2. The summed E-state index contributed by atoms with van der Waals surface area (Å²) in [5.41, 5.74) is 4.97. The maximum Gasteiger partial charge on any atom is 0.325 e. The van der Waals surface area contributed by atoms with Crippen molar-refractivity contribution in [2.45, 2.75) is 40.0 Å². The average molecular weight is 411 g/mol. The van der Waals surface area contributed by atoms with Crippen molar-refractivity contribution in [2.24, 2.45) is 0 Å². The van der Waals surface area contributed by atoms with Crippen LogP contribution in [0, 0.1) is 13.8 Å². The third-order valence-corrected chi connectivity index (χ3v) is 4.91. The van der Waals surface area contributed by atoms with Gasteiger partial charge in [0.25, 0.3) is 11.8 Å². The first-order valence-corrected chi connectivity index (χ1v) is 10.1. The maximum absolute atomic E-state index is 12.1. The molecule has 0 spiro atoms. The van der Waals surface area contributed by atoms with Gasteiger partial charge in [-0.1, -0.05) is 44.2 Å². The molecule has 2 amide bonds. The summed E-state index contributed by atoms with van der Waals surface area (Å²) in [6, 6.07) is 13.6. The predicted molar refractivity (Wildman–Crippen MR) is 116 cm³/mol. The van der Waals surface area contributed by atoms with Crippen LogP contribution in [0.4, 0.5) is 0 Å². The molecule has 2 aromatic carbocycles. The molecule has 0 fully saturated rings. The van der Waals surface area contributed by atoms with Crippen molar-refractivity contribution in [3.63, 3.8) is 0 Å². The third kappa shape index (κ3) is 7.35. The average Bonchev–Trinajstić information content (AvgIpc) is 2.72. The van der Waals surface area contributed by atoms with Gasteiger partial charge < -0.3 is 15.4 Å². The summed E-state index contributed by atoms with van der Waals surface area (Å²) >= 11 is 0. The fraction of sp³-hybridized carbons (Fsp3) is 0.375. The zero-order valence-electron chi connectivity index (χ0n) is 18.1. The molecular weight excluding hydrogens is 380 g/mol. The van der Waals surface area contributed by atoms with Crippen molar-refractivity contribution < 1.29 is 19.1 Å². The van der Waals surface area contributed by atoms with Crippen LogP contribution in [0.5, 0.6) is 0 Å². The van der Waals surface area contributed by atoms with E-state index < -0.39 is 5.97 Å². The van der Waals surface area contributed by atoms with Crippen LogP contribution in [-0.2, 0) is 20.7 Å². The summed E-state index contributed by atoms with van der Waals surface area (Å²) in [4.78, 5) is 35.7. The molecule has 0 atom stereocenters. The molecule has 0 aromatic heterocycles. The van der Waals surface area contributed by atoms with Crippen molar-refractivity contribution in [3.05, 3.63) is 70.3 Å². The molecule has 2 aromatic rings. The molecular formula is C24H30N2O4. The Hall–Kier alpha value is -3.15. The number of ether oxygens (including phenoxy) is 1. The Morgan fingerprint density at radius 1 is 0.933 bits per heavy atom. The van der Waals surface area contributed by atoms with Crippen LogP contribution >= 0.6 is 0 Å². The minimum atomic E-state index is -0.661. The van der Waals surface area contributed by atoms with Gasteiger partial charge in [0.05, 0.1) is 0 Å². The van der Waals surface area contributed by atoms with Crippen molar-refractivity contribution in [1.29, 1.82) is 0 Å². The zero-order chi connectivity index (χ0) is 22.1. The second-order valence-electron chi connectivity index (χ2n) is 7.64. The monoisotopic (exact) mass is 410 g/mol. The van der Waals surface area contributed by atoms with E-state index in [1.165, 1.54) is 5.56 Å². The van der Waals surface area contributed by atoms with Gasteiger partial charge in [-0.15, -0.1) is 0 Å². The molecule has 2 rings (SSSR count). The molecule has 0 aliphatic carbocycles. The SMILES string of the molecule is Cc1ccc(C(=O)NCC(=O)OCC(=O)NCCc2ccc(C(C)C)cc2)cc1C. The number of esters is 1. The van der Waals surface area contributed by atoms with Crippen LogP contribution in [0.15, 0.2) is 42.5 Å². The molecule has 0 radical (unpaired) electrons. The van der Waals surface area contributed by atoms with E-state index in [-0.39, 0.29) is 25.0 Å². The summed E-state index contributed by atoms with van der Waals surface area (Å²) in [6.45, 7) is 7.96. The Labute approximate surface area is 178 Å². The largest absolute Gasteiger partial charge is 0.454 e. The maximum atomic E-state index is 12.1. The molecule has 0 heterocycles. The van der Waals surface area contributed by atoms with Gasteiger partial charge in [-0.05, 0) is 60.6 Å². The van der Waals surface area contributed by atoms with E-state index in [9.17, 15) is 14.4 Å². The summed E-state index contributed by atoms with van der Waals surface area (Å²) in [6.07, 6.45) is 0.698. The molecule has 30 heavy (non-hydrogen) atoms. The predicted octanol–water partition coefficient (Wildman–Crippen LogP) is 3.06. The normalized spacial score (nSPS) is 10.6. The Morgan fingerprint density at radius 2 is 1.63 bits per heavy atom. The standard InChI is InChI=1S/C24H30N2O4/c1-16(2)20-9-6-19(7-10-20)11-12-25-22(27)15-30-23(28)14-26-24(29)21-8-5-17(3)18(4)13-21/h5-10,13,16H,11-12,14-15H2,1-4H3,(H,25,27)(H,26,29). The second-order valence-corrected chi connectivity index (χ2v) is 7.64. The Kier molecular flexibility index (Phi) is 8.59. The molecule has 0 unspecified atom stereocenters. The number of amides is 2. The Balaban J connectivity index is 1.64. The van der Waals surface area contributed by atoms with Crippen LogP contribution in [0.2, 0.25) is 0 Å². The number of carbonyl (C=O) groups excluding carboxylic acids is 3. The van der Waals surface area contributed by atoms with E-state index in [0.717, 1.165) is 16.7 Å². The van der Waals surface area contributed by atoms with E-state index in [2.05, 4.69) is 48.7 Å². The van der Waals surface area contributed by atoms with Crippen molar-refractivity contribution in [3.8, 4) is 0 Å². The van der Waals surface area contributed by atoms with Gasteiger partial charge in [-0.2, -0.15) is 0 Å². The van der Waals surface area contributed by atoms with Crippen LogP contribution in [0.3, 0.4) is 0 Å². The van der Waals surface area contributed by atoms with Crippen molar-refractivity contribution >= 4 is 17.8 Å². The molecule has 6 heteroatoms. The molecule has 6 nitrogen and oxygen atoms in total. The van der Waals surface area contributed by atoms with E-state index in [4.69, 9.17) is 4.74 Å². The van der Waals surface area contributed by atoms with Crippen LogP contribution in [0.25, 0.3) is 0 Å². The number of aryl methyl sites for hydroxylation is 2. The van der Waals surface area contributed by atoms with Crippen LogP contribution < -0.4 is 10.6 Å². The Bertz CT molecular complexity index is 889. The van der Waals surface area contributed by atoms with Gasteiger partial charge in [0.2, 0.25) is 0 Å². The summed E-state index contributed by atoms with van der Waals surface area (Å²) in [5.74, 6) is -0.906. The van der Waals surface area contributed by atoms with E-state index >= 15 is 0 Å². The topological polar surface area (TPSA) is 84.5 Å². The van der Waals surface area contributed by atoms with Gasteiger partial charge in [-0.3, -0.25) is 14.4 Å². The number of carbonyl (C=O) groups is 3. The molecule has 0 bridgehead atoms. The lowest BCUT2D eigenvalue weighted by molar-refractivity contribution is -0.147. The molecule has 0 aliphatic rings. The summed E-state index contributed by atoms with van der Waals surface area (Å²) < 4.78 is 4.91. The Morgan fingerprint density at radius 3 is 2.27 bits per heavy atom. The lowest BCUT2D eigenvalue weighted by Gasteiger charge is -2.09. The highest BCUT2D eigenvalue weighted by molar-refractivity contribution is 5.96. The van der Waals surface area contributed by atoms with Crippen LogP contribution in [0.1, 0.15) is 52.4 Å². The highest BCUT2D eigenvalue weighted by atomic mass is 16.5. The van der Waals surface area contributed by atoms with E-state index in [1.807, 2.05) is 19.9 Å². The minimum Gasteiger partial charge on any atom is -0.454 e. The third-order valence-electron chi connectivity index (χ3n) is 4.91. The van der Waals surface area contributed by atoms with Gasteiger partial charge in [0.1, 0.15) is 6.54 Å². The minimum absolute atomic E-state index is 0.290. The molecule has 0 aliphatic heterocycles. The number of hydrogen-bond acceptors (Lipinski definition) is 4. The van der Waals surface area contributed by atoms with Gasteiger partial charge in [0, 0.05) is 12.1 Å². The lowest BCUT2D eigenvalue weighted by Crippen LogP contribution is -2.34. The molecule has 2 N–H and O–H groups in total. The van der Waals surface area contributed by atoms with E-state index in [1.54, 1.807) is 12.1 Å². The smallest absolute Gasteiger partial charge is 0.325 e. The number of benzene rings is 2. The summed E-state index contributed by atoms with van der Waals surface area (Å²) in [7, 11) is 0. The number of rotatable bonds is 9. The van der Waals surface area contributed by atoms with Gasteiger partial charge in [-0.25, -0.2) is 0 Å². The van der Waals surface area contributed by atoms with Crippen molar-refractivity contribution in [2.75, 3.05) is 19.7 Å². The second kappa shape index (κ2) is 11.1. The van der Waals surface area contributed by atoms with Crippen LogP contribution in [-0.4, -0.2) is 37.5 Å². The van der Waals surface area contributed by atoms with Gasteiger partial charge >= 0.3 is 5.97 Å². The lowest BCUT2D eigenvalue weighted by atomic mass is 10.0. The fourth-order valence-electron chi connectivity index (χ4n) is 2.80. The molecule has 0 saturated heterocycles. The summed E-state index contributed by atoms with van der Waals surface area (Å²) in [5, 5.41) is 5.22.